The highest BCUT2D eigenvalue weighted by Gasteiger charge is 2.15. The van der Waals surface area contributed by atoms with Gasteiger partial charge in [-0.05, 0) is 46.5 Å². The lowest BCUT2D eigenvalue weighted by molar-refractivity contribution is 0.112. The molecule has 0 unspecified atom stereocenters. The Bertz CT molecular complexity index is 825. The average molecular weight is 409 g/mol. The first kappa shape index (κ1) is 16.7. The topological polar surface area (TPSA) is 42.9 Å². The Balaban J connectivity index is 1.91. The third kappa shape index (κ3) is 3.54. The molecule has 3 nitrogen and oxygen atoms in total. The van der Waals surface area contributed by atoms with Crippen molar-refractivity contribution in [3.05, 3.63) is 33.1 Å². The third-order valence-electron chi connectivity index (χ3n) is 3.90. The van der Waals surface area contributed by atoms with Crippen LogP contribution in [0.1, 0.15) is 48.5 Å². The molecule has 6 heteroatoms. The van der Waals surface area contributed by atoms with E-state index in [9.17, 15) is 4.79 Å². The predicted molar refractivity (Wildman–Crippen MR) is 102 cm³/mol. The van der Waals surface area contributed by atoms with Crippen LogP contribution in [-0.2, 0) is 6.42 Å². The van der Waals surface area contributed by atoms with Crippen LogP contribution in [0, 0.1) is 0 Å². The molecule has 3 rings (SSSR count). The van der Waals surface area contributed by atoms with Crippen molar-refractivity contribution < 1.29 is 4.79 Å². The molecule has 1 aromatic carbocycles. The van der Waals surface area contributed by atoms with Gasteiger partial charge in [0.1, 0.15) is 11.0 Å². The van der Waals surface area contributed by atoms with Gasteiger partial charge in [0.2, 0.25) is 0 Å². The van der Waals surface area contributed by atoms with Gasteiger partial charge in [0, 0.05) is 16.0 Å². The van der Waals surface area contributed by atoms with Crippen molar-refractivity contribution in [1.82, 2.24) is 8.75 Å². The molecule has 0 saturated carbocycles. The smallest absolute Gasteiger partial charge is 0.152 e. The minimum absolute atomic E-state index is 0.605. The van der Waals surface area contributed by atoms with Gasteiger partial charge in [0.25, 0.3) is 0 Å². The van der Waals surface area contributed by atoms with Crippen LogP contribution in [0.4, 0.5) is 0 Å². The summed E-state index contributed by atoms with van der Waals surface area (Å²) in [6, 6.07) is 6.06. The SMILES string of the molecule is CCCCCCc1cc(-c2ccc(C=O)c3nsnc23)sc1Br. The van der Waals surface area contributed by atoms with E-state index >= 15 is 0 Å². The van der Waals surface area contributed by atoms with Crippen LogP contribution in [0.3, 0.4) is 0 Å². The molecule has 0 amide bonds. The maximum absolute atomic E-state index is 11.1. The number of benzene rings is 1. The summed E-state index contributed by atoms with van der Waals surface area (Å²) in [5.74, 6) is 0. The van der Waals surface area contributed by atoms with Gasteiger partial charge in [-0.25, -0.2) is 0 Å². The lowest BCUT2D eigenvalue weighted by Crippen LogP contribution is -1.86. The molecule has 2 aromatic heterocycles. The van der Waals surface area contributed by atoms with Crippen molar-refractivity contribution in [3.8, 4) is 10.4 Å². The van der Waals surface area contributed by atoms with E-state index in [4.69, 9.17) is 0 Å². The molecule has 0 aliphatic rings. The van der Waals surface area contributed by atoms with Crippen molar-refractivity contribution in [3.63, 3.8) is 0 Å². The van der Waals surface area contributed by atoms with Crippen molar-refractivity contribution in [2.24, 2.45) is 0 Å². The number of fused-ring (bicyclic) bond motifs is 1. The summed E-state index contributed by atoms with van der Waals surface area (Å²) in [6.45, 7) is 2.23. The maximum atomic E-state index is 11.1. The number of halogens is 1. The van der Waals surface area contributed by atoms with Crippen molar-refractivity contribution in [2.75, 3.05) is 0 Å². The second-order valence-corrected chi connectivity index (χ2v) is 8.40. The van der Waals surface area contributed by atoms with E-state index in [0.717, 1.165) is 35.5 Å². The zero-order valence-electron chi connectivity index (χ0n) is 12.8. The number of rotatable bonds is 7. The molecule has 0 aliphatic carbocycles. The molecule has 120 valence electrons. The van der Waals surface area contributed by atoms with E-state index in [0.29, 0.717) is 11.1 Å². The van der Waals surface area contributed by atoms with E-state index in [2.05, 4.69) is 37.7 Å². The van der Waals surface area contributed by atoms with Crippen LogP contribution in [-0.4, -0.2) is 15.0 Å². The van der Waals surface area contributed by atoms with Crippen LogP contribution in [0.2, 0.25) is 0 Å². The highest BCUT2D eigenvalue weighted by atomic mass is 79.9. The summed E-state index contributed by atoms with van der Waals surface area (Å²) in [7, 11) is 0. The maximum Gasteiger partial charge on any atom is 0.152 e. The summed E-state index contributed by atoms with van der Waals surface area (Å²) >= 11 is 6.58. The Kier molecular flexibility index (Phi) is 5.56. The summed E-state index contributed by atoms with van der Waals surface area (Å²) in [4.78, 5) is 12.3. The number of aromatic nitrogens is 2. The molecule has 0 N–H and O–H groups in total. The standard InChI is InChI=1S/C17H17BrN2OS2/c1-2-3-4-5-6-11-9-14(22-17(11)18)13-8-7-12(10-21)15-16(13)20-23-19-15/h7-10H,2-6H2,1H3. The Morgan fingerprint density at radius 3 is 2.78 bits per heavy atom. The van der Waals surface area contributed by atoms with Crippen LogP contribution in [0.15, 0.2) is 22.0 Å². The number of carbonyl (C=O) groups is 1. The predicted octanol–water partition coefficient (Wildman–Crippen LogP) is 6.12. The lowest BCUT2D eigenvalue weighted by atomic mass is 10.1. The molecule has 0 bridgehead atoms. The number of nitrogens with zero attached hydrogens (tertiary/aromatic N) is 2. The Labute approximate surface area is 152 Å². The first-order valence-corrected chi connectivity index (χ1v) is 10.1. The zero-order valence-corrected chi connectivity index (χ0v) is 16.1. The van der Waals surface area contributed by atoms with Gasteiger partial charge in [0.15, 0.2) is 6.29 Å². The molecule has 0 saturated heterocycles. The second-order valence-electron chi connectivity index (χ2n) is 5.50. The first-order valence-electron chi connectivity index (χ1n) is 7.73. The largest absolute Gasteiger partial charge is 0.298 e. The highest BCUT2D eigenvalue weighted by molar-refractivity contribution is 9.11. The van der Waals surface area contributed by atoms with E-state index in [1.54, 1.807) is 11.3 Å². The van der Waals surface area contributed by atoms with Crippen molar-refractivity contribution in [2.45, 2.75) is 39.0 Å². The van der Waals surface area contributed by atoms with Gasteiger partial charge in [0.05, 0.1) is 15.5 Å². The van der Waals surface area contributed by atoms with E-state index in [1.807, 2.05) is 12.1 Å². The fraction of sp³-hybridized carbons (Fsp3) is 0.353. The summed E-state index contributed by atoms with van der Waals surface area (Å²) < 4.78 is 9.85. The van der Waals surface area contributed by atoms with Crippen LogP contribution in [0.25, 0.3) is 21.5 Å². The number of thiophene rings is 1. The molecule has 0 atom stereocenters. The molecule has 3 aromatic rings. The van der Waals surface area contributed by atoms with Gasteiger partial charge in [-0.1, -0.05) is 32.3 Å². The molecule has 0 spiro atoms. The number of aryl methyl sites for hydroxylation is 1. The molecule has 2 heterocycles. The monoisotopic (exact) mass is 408 g/mol. The number of unbranched alkanes of at least 4 members (excludes halogenated alkanes) is 3. The fourth-order valence-electron chi connectivity index (χ4n) is 2.63. The average Bonchev–Trinajstić information content (AvgIpc) is 3.18. The van der Waals surface area contributed by atoms with Crippen LogP contribution in [0.5, 0.6) is 0 Å². The molecular weight excluding hydrogens is 392 g/mol. The molecular formula is C17H17BrN2OS2. The molecule has 0 fully saturated rings. The Morgan fingerprint density at radius 2 is 2.00 bits per heavy atom. The van der Waals surface area contributed by atoms with Gasteiger partial charge in [-0.2, -0.15) is 8.75 Å². The summed E-state index contributed by atoms with van der Waals surface area (Å²) in [5, 5.41) is 0. The van der Waals surface area contributed by atoms with Gasteiger partial charge in [-0.3, -0.25) is 4.79 Å². The number of hydrogen-bond acceptors (Lipinski definition) is 5. The van der Waals surface area contributed by atoms with E-state index < -0.39 is 0 Å². The number of hydrogen-bond donors (Lipinski definition) is 0. The lowest BCUT2D eigenvalue weighted by Gasteiger charge is -2.00. The van der Waals surface area contributed by atoms with Gasteiger partial charge < -0.3 is 0 Å². The zero-order chi connectivity index (χ0) is 16.2. The first-order chi connectivity index (χ1) is 11.2. The highest BCUT2D eigenvalue weighted by Crippen LogP contribution is 2.39. The van der Waals surface area contributed by atoms with E-state index in [1.165, 1.54) is 39.9 Å². The summed E-state index contributed by atoms with van der Waals surface area (Å²) in [6.07, 6.45) is 7.00. The fourth-order valence-corrected chi connectivity index (χ4v) is 5.01. The quantitative estimate of drug-likeness (QED) is 0.349. The summed E-state index contributed by atoms with van der Waals surface area (Å²) in [5.41, 5.74) is 4.55. The van der Waals surface area contributed by atoms with Gasteiger partial charge in [-0.15, -0.1) is 11.3 Å². The van der Waals surface area contributed by atoms with Crippen LogP contribution >= 0.6 is 39.0 Å². The minimum atomic E-state index is 0.605. The minimum Gasteiger partial charge on any atom is -0.298 e. The number of carbonyl (C=O) groups excluding carboxylic acids is 1. The second kappa shape index (κ2) is 7.64. The van der Waals surface area contributed by atoms with Crippen molar-refractivity contribution in [1.29, 1.82) is 0 Å². The normalized spacial score (nSPS) is 11.2. The van der Waals surface area contributed by atoms with Crippen LogP contribution < -0.4 is 0 Å². The molecule has 23 heavy (non-hydrogen) atoms. The van der Waals surface area contributed by atoms with E-state index in [-0.39, 0.29) is 0 Å². The Hall–Kier alpha value is -1.11. The number of aldehydes is 1. The Morgan fingerprint density at radius 1 is 1.17 bits per heavy atom. The van der Waals surface area contributed by atoms with Gasteiger partial charge >= 0.3 is 0 Å². The molecule has 0 radical (unpaired) electrons. The third-order valence-corrected chi connectivity index (χ3v) is 6.42. The van der Waals surface area contributed by atoms with Crippen molar-refractivity contribution >= 4 is 56.3 Å². The molecule has 0 aliphatic heterocycles.